The number of nitrogens with one attached hydrogen (secondary N) is 1. The maximum atomic E-state index is 8.42. The Morgan fingerprint density at radius 2 is 2.00 bits per heavy atom. The predicted molar refractivity (Wildman–Crippen MR) is 71.3 cm³/mol. The zero-order valence-corrected chi connectivity index (χ0v) is 11.0. The monoisotopic (exact) mass is 241 g/mol. The van der Waals surface area contributed by atoms with Crippen molar-refractivity contribution >= 4 is 5.84 Å². The molecule has 4 nitrogen and oxygen atoms in total. The summed E-state index contributed by atoms with van der Waals surface area (Å²) in [5.74, 6) is 1.16. The van der Waals surface area contributed by atoms with Crippen LogP contribution in [0.25, 0.3) is 0 Å². The second-order valence-corrected chi connectivity index (χ2v) is 5.19. The van der Waals surface area contributed by atoms with E-state index >= 15 is 0 Å². The van der Waals surface area contributed by atoms with Gasteiger partial charge < -0.3 is 16.3 Å². The van der Waals surface area contributed by atoms with Crippen LogP contribution in [-0.4, -0.2) is 23.6 Å². The average Bonchev–Trinajstić information content (AvgIpc) is 2.62. The molecular weight excluding hydrogens is 214 g/mol. The molecule has 17 heavy (non-hydrogen) atoms. The molecule has 0 radical (unpaired) electrons. The van der Waals surface area contributed by atoms with Crippen molar-refractivity contribution in [3.05, 3.63) is 0 Å². The van der Waals surface area contributed by atoms with Crippen molar-refractivity contribution in [2.75, 3.05) is 6.54 Å². The highest BCUT2D eigenvalue weighted by Crippen LogP contribution is 2.25. The van der Waals surface area contributed by atoms with Crippen molar-refractivity contribution in [2.24, 2.45) is 16.8 Å². The Morgan fingerprint density at radius 1 is 1.35 bits per heavy atom. The average molecular weight is 241 g/mol. The van der Waals surface area contributed by atoms with E-state index in [4.69, 9.17) is 10.9 Å². The van der Waals surface area contributed by atoms with E-state index in [9.17, 15) is 0 Å². The van der Waals surface area contributed by atoms with Crippen LogP contribution in [0.4, 0.5) is 0 Å². The van der Waals surface area contributed by atoms with Gasteiger partial charge in [-0.3, -0.25) is 0 Å². The summed E-state index contributed by atoms with van der Waals surface area (Å²) in [7, 11) is 0. The largest absolute Gasteiger partial charge is 0.409 e. The first-order chi connectivity index (χ1) is 8.24. The molecule has 0 aromatic heterocycles. The van der Waals surface area contributed by atoms with Gasteiger partial charge in [0, 0.05) is 12.5 Å². The summed E-state index contributed by atoms with van der Waals surface area (Å²) in [4.78, 5) is 0. The lowest BCUT2D eigenvalue weighted by Gasteiger charge is -2.23. The fourth-order valence-electron chi connectivity index (χ4n) is 2.63. The number of hydrogen-bond donors (Lipinski definition) is 3. The van der Waals surface area contributed by atoms with Gasteiger partial charge in [0.2, 0.25) is 0 Å². The lowest BCUT2D eigenvalue weighted by Crippen LogP contribution is -2.34. The molecule has 0 bridgehead atoms. The third-order valence-electron chi connectivity index (χ3n) is 3.81. The fraction of sp³-hybridized carbons (Fsp3) is 0.923. The standard InChI is InChI=1S/C13H27N3O/c1-11(12-7-4-2-3-5-8-12)15-10-6-9-13(14)16-17/h11-12,15,17H,2-10H2,1H3,(H2,14,16)/t11-/m0/s1. The highest BCUT2D eigenvalue weighted by Gasteiger charge is 2.18. The molecule has 0 saturated heterocycles. The molecule has 1 rings (SSSR count). The van der Waals surface area contributed by atoms with E-state index in [-0.39, 0.29) is 0 Å². The second kappa shape index (κ2) is 8.34. The molecule has 1 atom stereocenters. The maximum absolute atomic E-state index is 8.42. The lowest BCUT2D eigenvalue weighted by atomic mass is 9.93. The minimum atomic E-state index is 0.328. The molecule has 0 unspecified atom stereocenters. The Morgan fingerprint density at radius 3 is 2.59 bits per heavy atom. The quantitative estimate of drug-likeness (QED) is 0.167. The van der Waals surface area contributed by atoms with Crippen LogP contribution in [0, 0.1) is 5.92 Å². The van der Waals surface area contributed by atoms with E-state index in [0.717, 1.165) is 18.9 Å². The van der Waals surface area contributed by atoms with Crippen LogP contribution in [0.2, 0.25) is 0 Å². The number of amidine groups is 1. The normalized spacial score (nSPS) is 21.1. The van der Waals surface area contributed by atoms with Gasteiger partial charge in [0.05, 0.1) is 0 Å². The van der Waals surface area contributed by atoms with Gasteiger partial charge in [-0.1, -0.05) is 30.8 Å². The van der Waals surface area contributed by atoms with Gasteiger partial charge in [-0.2, -0.15) is 0 Å². The van der Waals surface area contributed by atoms with E-state index < -0.39 is 0 Å². The van der Waals surface area contributed by atoms with Crippen molar-refractivity contribution in [1.29, 1.82) is 0 Å². The van der Waals surface area contributed by atoms with Crippen LogP contribution in [0.5, 0.6) is 0 Å². The number of nitrogens with two attached hydrogens (primary N) is 1. The summed E-state index contributed by atoms with van der Waals surface area (Å²) in [6.45, 7) is 3.24. The van der Waals surface area contributed by atoms with Crippen molar-refractivity contribution < 1.29 is 5.21 Å². The molecule has 4 N–H and O–H groups in total. The first-order valence-electron chi connectivity index (χ1n) is 6.94. The van der Waals surface area contributed by atoms with Crippen molar-refractivity contribution in [1.82, 2.24) is 5.32 Å². The zero-order valence-electron chi connectivity index (χ0n) is 11.0. The number of rotatable bonds is 6. The van der Waals surface area contributed by atoms with E-state index in [2.05, 4.69) is 17.4 Å². The summed E-state index contributed by atoms with van der Waals surface area (Å²) in [6, 6.07) is 0.598. The summed E-state index contributed by atoms with van der Waals surface area (Å²) in [5, 5.41) is 15.0. The van der Waals surface area contributed by atoms with E-state index in [0.29, 0.717) is 18.3 Å². The second-order valence-electron chi connectivity index (χ2n) is 5.19. The summed E-state index contributed by atoms with van der Waals surface area (Å²) in [6.07, 6.45) is 9.94. The van der Waals surface area contributed by atoms with Gasteiger partial charge in [-0.25, -0.2) is 0 Å². The molecule has 0 spiro atoms. The third kappa shape index (κ3) is 5.91. The molecule has 4 heteroatoms. The zero-order chi connectivity index (χ0) is 12.5. The maximum Gasteiger partial charge on any atom is 0.139 e. The first kappa shape index (κ1) is 14.3. The van der Waals surface area contributed by atoms with Gasteiger partial charge in [0.15, 0.2) is 0 Å². The van der Waals surface area contributed by atoms with Gasteiger partial charge in [-0.05, 0) is 38.6 Å². The van der Waals surface area contributed by atoms with Gasteiger partial charge in [0.25, 0.3) is 0 Å². The molecular formula is C13H27N3O. The smallest absolute Gasteiger partial charge is 0.139 e. The minimum absolute atomic E-state index is 0.328. The third-order valence-corrected chi connectivity index (χ3v) is 3.81. The Kier molecular flexibility index (Phi) is 7.01. The van der Waals surface area contributed by atoms with Crippen LogP contribution in [0.3, 0.4) is 0 Å². The first-order valence-corrected chi connectivity index (χ1v) is 6.94. The summed E-state index contributed by atoms with van der Waals surface area (Å²) < 4.78 is 0. The Bertz CT molecular complexity index is 223. The molecule has 0 amide bonds. The summed E-state index contributed by atoms with van der Waals surface area (Å²) in [5.41, 5.74) is 5.43. The molecule has 1 aliphatic rings. The predicted octanol–water partition coefficient (Wildman–Crippen LogP) is 2.46. The topological polar surface area (TPSA) is 70.6 Å². The van der Waals surface area contributed by atoms with Crippen LogP contribution < -0.4 is 11.1 Å². The SMILES string of the molecule is C[C@H](NCCCC(N)=NO)C1CCCCCC1. The minimum Gasteiger partial charge on any atom is -0.409 e. The number of hydrogen-bond acceptors (Lipinski definition) is 3. The highest BCUT2D eigenvalue weighted by molar-refractivity contribution is 5.79. The van der Waals surface area contributed by atoms with Crippen molar-refractivity contribution in [3.63, 3.8) is 0 Å². The Balaban J connectivity index is 2.12. The van der Waals surface area contributed by atoms with Crippen LogP contribution in [0.15, 0.2) is 5.16 Å². The lowest BCUT2D eigenvalue weighted by molar-refractivity contribution is 0.316. The van der Waals surface area contributed by atoms with Crippen LogP contribution >= 0.6 is 0 Å². The molecule has 1 aliphatic carbocycles. The highest BCUT2D eigenvalue weighted by atomic mass is 16.4. The molecule has 1 saturated carbocycles. The van der Waals surface area contributed by atoms with Gasteiger partial charge >= 0.3 is 0 Å². The molecule has 0 heterocycles. The number of oxime groups is 1. The summed E-state index contributed by atoms with van der Waals surface area (Å²) >= 11 is 0. The van der Waals surface area contributed by atoms with Crippen LogP contribution in [-0.2, 0) is 0 Å². The molecule has 0 aliphatic heterocycles. The molecule has 0 aromatic carbocycles. The van der Waals surface area contributed by atoms with Gasteiger partial charge in [0.1, 0.15) is 5.84 Å². The molecule has 1 fully saturated rings. The molecule has 0 aromatic rings. The van der Waals surface area contributed by atoms with E-state index in [1.165, 1.54) is 38.5 Å². The van der Waals surface area contributed by atoms with Crippen molar-refractivity contribution in [2.45, 2.75) is 64.3 Å². The van der Waals surface area contributed by atoms with Crippen molar-refractivity contribution in [3.8, 4) is 0 Å². The van der Waals surface area contributed by atoms with E-state index in [1.807, 2.05) is 0 Å². The Labute approximate surface area is 105 Å². The van der Waals surface area contributed by atoms with E-state index in [1.54, 1.807) is 0 Å². The number of nitrogens with zero attached hydrogens (tertiary/aromatic N) is 1. The molecule has 100 valence electrons. The van der Waals surface area contributed by atoms with Gasteiger partial charge in [-0.15, -0.1) is 0 Å². The van der Waals surface area contributed by atoms with Crippen LogP contribution in [0.1, 0.15) is 58.3 Å². The fourth-order valence-corrected chi connectivity index (χ4v) is 2.63. The Hall–Kier alpha value is -0.770.